The van der Waals surface area contributed by atoms with Crippen molar-refractivity contribution in [1.29, 1.82) is 0 Å². The Morgan fingerprint density at radius 1 is 1.12 bits per heavy atom. The van der Waals surface area contributed by atoms with Gasteiger partial charge in [-0.25, -0.2) is 4.98 Å². The molecule has 0 aliphatic carbocycles. The van der Waals surface area contributed by atoms with E-state index < -0.39 is 0 Å². The number of piperidine rings is 2. The van der Waals surface area contributed by atoms with Crippen LogP contribution in [0.5, 0.6) is 0 Å². The number of aryl methyl sites for hydroxylation is 2. The summed E-state index contributed by atoms with van der Waals surface area (Å²) in [6.45, 7) is 13.1. The Labute approximate surface area is 215 Å². The third-order valence-electron chi connectivity index (χ3n) is 6.57. The van der Waals surface area contributed by atoms with Crippen LogP contribution >= 0.6 is 24.0 Å². The minimum Gasteiger partial charge on any atom is -0.444 e. The predicted molar refractivity (Wildman–Crippen MR) is 142 cm³/mol. The summed E-state index contributed by atoms with van der Waals surface area (Å²) in [7, 11) is 1.69. The molecule has 1 aromatic rings. The summed E-state index contributed by atoms with van der Waals surface area (Å²) in [4.78, 5) is 25.6. The second-order valence-corrected chi connectivity index (χ2v) is 9.06. The number of carbonyl (C=O) groups excluding carboxylic acids is 1. The maximum atomic E-state index is 11.6. The molecule has 10 heteroatoms. The molecule has 0 radical (unpaired) electrons. The number of hydrogen-bond acceptors (Lipinski definition) is 6. The van der Waals surface area contributed by atoms with Crippen molar-refractivity contribution < 1.29 is 9.21 Å². The molecule has 0 bridgehead atoms. The number of likely N-dealkylation sites (N-methyl/N-ethyl adjacent to an activating group) is 1. The number of amides is 1. The Kier molecular flexibility index (Phi) is 11.9. The molecule has 0 spiro atoms. The first-order valence-electron chi connectivity index (χ1n) is 12.1. The SMILES string of the molecule is CCNC(=NCC1CCN(Cc2nc(C)c(C)o2)CC1)NC1CCN(CC(=O)NC)CC1.I. The lowest BCUT2D eigenvalue weighted by atomic mass is 9.97. The Morgan fingerprint density at radius 3 is 2.36 bits per heavy atom. The van der Waals surface area contributed by atoms with Gasteiger partial charge in [0.25, 0.3) is 0 Å². The smallest absolute Gasteiger partial charge is 0.233 e. The molecule has 2 aliphatic rings. The molecule has 9 nitrogen and oxygen atoms in total. The van der Waals surface area contributed by atoms with Crippen LogP contribution in [0.4, 0.5) is 0 Å². The molecule has 33 heavy (non-hydrogen) atoms. The monoisotopic (exact) mass is 575 g/mol. The highest BCUT2D eigenvalue weighted by atomic mass is 127. The summed E-state index contributed by atoms with van der Waals surface area (Å²) < 4.78 is 5.74. The lowest BCUT2D eigenvalue weighted by molar-refractivity contribution is -0.122. The van der Waals surface area contributed by atoms with Crippen LogP contribution in [0, 0.1) is 19.8 Å². The average Bonchev–Trinajstić information content (AvgIpc) is 3.11. The quantitative estimate of drug-likeness (QED) is 0.248. The lowest BCUT2D eigenvalue weighted by Gasteiger charge is -2.33. The first-order chi connectivity index (χ1) is 15.5. The number of halogens is 1. The van der Waals surface area contributed by atoms with Gasteiger partial charge < -0.3 is 20.4 Å². The zero-order chi connectivity index (χ0) is 22.9. The second kappa shape index (κ2) is 14.1. The molecule has 0 saturated carbocycles. The fraction of sp³-hybridized carbons (Fsp3) is 0.783. The van der Waals surface area contributed by atoms with Crippen LogP contribution in [0.3, 0.4) is 0 Å². The molecular weight excluding hydrogens is 533 g/mol. The van der Waals surface area contributed by atoms with Crippen molar-refractivity contribution >= 4 is 35.8 Å². The summed E-state index contributed by atoms with van der Waals surface area (Å²) in [6, 6.07) is 0.406. The Morgan fingerprint density at radius 2 is 1.79 bits per heavy atom. The van der Waals surface area contributed by atoms with Crippen molar-refractivity contribution in [2.45, 2.75) is 59.0 Å². The molecule has 3 rings (SSSR count). The van der Waals surface area contributed by atoms with Crippen molar-refractivity contribution in [2.75, 3.05) is 52.9 Å². The van der Waals surface area contributed by atoms with Crippen LogP contribution in [0.2, 0.25) is 0 Å². The molecule has 3 heterocycles. The van der Waals surface area contributed by atoms with Gasteiger partial charge in [-0.15, -0.1) is 24.0 Å². The van der Waals surface area contributed by atoms with Gasteiger partial charge >= 0.3 is 0 Å². The van der Waals surface area contributed by atoms with Gasteiger partial charge in [0.05, 0.1) is 18.8 Å². The summed E-state index contributed by atoms with van der Waals surface area (Å²) in [5.41, 5.74) is 0.991. The zero-order valence-corrected chi connectivity index (χ0v) is 23.0. The van der Waals surface area contributed by atoms with Gasteiger partial charge in [0.15, 0.2) is 5.96 Å². The second-order valence-electron chi connectivity index (χ2n) is 9.06. The maximum Gasteiger partial charge on any atom is 0.233 e. The third kappa shape index (κ3) is 9.05. The number of oxazole rings is 1. The van der Waals surface area contributed by atoms with Crippen LogP contribution < -0.4 is 16.0 Å². The van der Waals surface area contributed by atoms with Gasteiger partial charge in [-0.05, 0) is 65.5 Å². The minimum absolute atomic E-state index is 0. The average molecular weight is 576 g/mol. The number of carbonyl (C=O) groups is 1. The molecule has 2 fully saturated rings. The van der Waals surface area contributed by atoms with Crippen molar-refractivity contribution in [3.05, 3.63) is 17.3 Å². The predicted octanol–water partition coefficient (Wildman–Crippen LogP) is 1.89. The van der Waals surface area contributed by atoms with E-state index in [-0.39, 0.29) is 29.9 Å². The fourth-order valence-electron chi connectivity index (χ4n) is 4.38. The van der Waals surface area contributed by atoms with E-state index in [0.29, 0.717) is 18.5 Å². The molecular formula is C23H42IN7O2. The van der Waals surface area contributed by atoms with E-state index in [4.69, 9.17) is 9.41 Å². The van der Waals surface area contributed by atoms with Gasteiger partial charge in [0.2, 0.25) is 11.8 Å². The van der Waals surface area contributed by atoms with Crippen LogP contribution in [0.1, 0.15) is 50.0 Å². The van der Waals surface area contributed by atoms with Crippen molar-refractivity contribution in [3.63, 3.8) is 0 Å². The van der Waals surface area contributed by atoms with Gasteiger partial charge in [0, 0.05) is 39.3 Å². The normalized spacial score (nSPS) is 19.2. The van der Waals surface area contributed by atoms with Gasteiger partial charge in [-0.2, -0.15) is 0 Å². The molecule has 0 unspecified atom stereocenters. The number of aromatic nitrogens is 1. The summed E-state index contributed by atoms with van der Waals surface area (Å²) in [6.07, 6.45) is 4.36. The highest BCUT2D eigenvalue weighted by Gasteiger charge is 2.23. The molecule has 188 valence electrons. The number of hydrogen-bond donors (Lipinski definition) is 3. The molecule has 0 aromatic carbocycles. The Balaban J connectivity index is 0.00000385. The van der Waals surface area contributed by atoms with Gasteiger partial charge in [-0.1, -0.05) is 0 Å². The Hall–Kier alpha value is -1.40. The number of nitrogens with one attached hydrogen (secondary N) is 3. The van der Waals surface area contributed by atoms with Crippen LogP contribution in [0.25, 0.3) is 0 Å². The van der Waals surface area contributed by atoms with E-state index in [9.17, 15) is 4.79 Å². The maximum absolute atomic E-state index is 11.6. The van der Waals surface area contributed by atoms with Crippen LogP contribution in [0.15, 0.2) is 9.41 Å². The Bertz CT molecular complexity index is 734. The number of rotatable bonds is 8. The van der Waals surface area contributed by atoms with Crippen LogP contribution in [-0.2, 0) is 11.3 Å². The van der Waals surface area contributed by atoms with E-state index in [1.165, 1.54) is 0 Å². The zero-order valence-electron chi connectivity index (χ0n) is 20.7. The van der Waals surface area contributed by atoms with Crippen molar-refractivity contribution in [3.8, 4) is 0 Å². The van der Waals surface area contributed by atoms with E-state index in [2.05, 4.69) is 37.7 Å². The van der Waals surface area contributed by atoms with Crippen LogP contribution in [-0.4, -0.2) is 85.6 Å². The molecule has 2 saturated heterocycles. The molecule has 1 aromatic heterocycles. The largest absolute Gasteiger partial charge is 0.444 e. The van der Waals surface area contributed by atoms with Gasteiger partial charge in [0.1, 0.15) is 5.76 Å². The van der Waals surface area contributed by atoms with E-state index in [1.54, 1.807) is 7.05 Å². The first-order valence-corrected chi connectivity index (χ1v) is 12.1. The highest BCUT2D eigenvalue weighted by Crippen LogP contribution is 2.20. The number of nitrogens with zero attached hydrogens (tertiary/aromatic N) is 4. The van der Waals surface area contributed by atoms with E-state index in [0.717, 1.165) is 94.8 Å². The van der Waals surface area contributed by atoms with Crippen molar-refractivity contribution in [2.24, 2.45) is 10.9 Å². The number of guanidine groups is 1. The first kappa shape index (κ1) is 27.8. The third-order valence-corrected chi connectivity index (χ3v) is 6.57. The van der Waals surface area contributed by atoms with E-state index in [1.807, 2.05) is 13.8 Å². The van der Waals surface area contributed by atoms with E-state index >= 15 is 0 Å². The highest BCUT2D eigenvalue weighted by molar-refractivity contribution is 14.0. The molecule has 0 atom stereocenters. The molecule has 2 aliphatic heterocycles. The number of likely N-dealkylation sites (tertiary alicyclic amines) is 2. The standard InChI is InChI=1S/C23H41N7O2.HI/c1-5-25-23(28-20-8-12-29(13-9-20)15-21(31)24-4)26-14-19-6-10-30(11-7-19)16-22-27-17(2)18(3)32-22;/h19-20H,5-16H2,1-4H3,(H,24,31)(H2,25,26,28);1H. The summed E-state index contributed by atoms with van der Waals surface area (Å²) in [5, 5.41) is 9.72. The fourth-order valence-corrected chi connectivity index (χ4v) is 4.38. The summed E-state index contributed by atoms with van der Waals surface area (Å²) >= 11 is 0. The minimum atomic E-state index is 0. The summed E-state index contributed by atoms with van der Waals surface area (Å²) in [5.74, 6) is 3.37. The number of aliphatic imine (C=N–C) groups is 1. The van der Waals surface area contributed by atoms with Crippen molar-refractivity contribution in [1.82, 2.24) is 30.7 Å². The molecule has 1 amide bonds. The van der Waals surface area contributed by atoms with Gasteiger partial charge in [-0.3, -0.25) is 19.6 Å². The lowest BCUT2D eigenvalue weighted by Crippen LogP contribution is -2.50. The molecule has 3 N–H and O–H groups in total. The topological polar surface area (TPSA) is 98.0 Å².